The van der Waals surface area contributed by atoms with E-state index in [1.54, 1.807) is 0 Å². The highest BCUT2D eigenvalue weighted by molar-refractivity contribution is 5.85. The van der Waals surface area contributed by atoms with E-state index in [0.29, 0.717) is 5.56 Å². The van der Waals surface area contributed by atoms with Crippen LogP contribution in [-0.4, -0.2) is 35.6 Å². The van der Waals surface area contributed by atoms with E-state index >= 15 is 0 Å². The van der Waals surface area contributed by atoms with Crippen molar-refractivity contribution in [3.05, 3.63) is 71.8 Å². The molecule has 2 aromatic heterocycles. The number of rotatable bonds is 3. The SMILES string of the molecule is CC(C)c1cc(N2CCN(c3ccccc3)CC2)n2c(nc3ccccc32)c1C#N. The van der Waals surface area contributed by atoms with Crippen molar-refractivity contribution in [2.45, 2.75) is 19.8 Å². The van der Waals surface area contributed by atoms with Gasteiger partial charge in [-0.3, -0.25) is 4.40 Å². The van der Waals surface area contributed by atoms with E-state index in [-0.39, 0.29) is 5.92 Å². The van der Waals surface area contributed by atoms with Gasteiger partial charge in [-0.05, 0) is 41.8 Å². The van der Waals surface area contributed by atoms with Crippen molar-refractivity contribution >= 4 is 28.2 Å². The molecule has 150 valence electrons. The largest absolute Gasteiger partial charge is 0.368 e. The topological polar surface area (TPSA) is 47.6 Å². The Morgan fingerprint density at radius 2 is 1.57 bits per heavy atom. The van der Waals surface area contributed by atoms with Crippen molar-refractivity contribution in [2.75, 3.05) is 36.0 Å². The van der Waals surface area contributed by atoms with Gasteiger partial charge in [0.2, 0.25) is 0 Å². The fourth-order valence-electron chi connectivity index (χ4n) is 4.47. The fraction of sp³-hybridized carbons (Fsp3) is 0.280. The first-order valence-corrected chi connectivity index (χ1v) is 10.6. The molecule has 3 heterocycles. The van der Waals surface area contributed by atoms with Crippen LogP contribution < -0.4 is 9.80 Å². The smallest absolute Gasteiger partial charge is 0.157 e. The number of fused-ring (bicyclic) bond motifs is 3. The summed E-state index contributed by atoms with van der Waals surface area (Å²) < 4.78 is 2.18. The second kappa shape index (κ2) is 7.38. The van der Waals surface area contributed by atoms with Crippen LogP contribution in [0.1, 0.15) is 30.9 Å². The summed E-state index contributed by atoms with van der Waals surface area (Å²) in [6, 6.07) is 23.4. The molecule has 1 fully saturated rings. The molecule has 1 aliphatic rings. The molecule has 1 aliphatic heterocycles. The highest BCUT2D eigenvalue weighted by Crippen LogP contribution is 2.33. The molecule has 4 aromatic rings. The standard InChI is InChI=1S/C25H25N5/c1-18(2)20-16-24(29-14-12-28(13-15-29)19-8-4-3-5-9-19)30-23-11-7-6-10-22(23)27-25(30)21(20)17-26/h3-11,16,18H,12-15H2,1-2H3. The van der Waals surface area contributed by atoms with Crippen LogP contribution in [0.25, 0.3) is 16.7 Å². The van der Waals surface area contributed by atoms with Gasteiger partial charge in [0.25, 0.3) is 0 Å². The molecule has 0 atom stereocenters. The maximum absolute atomic E-state index is 9.93. The van der Waals surface area contributed by atoms with Crippen LogP contribution in [-0.2, 0) is 0 Å². The molecule has 30 heavy (non-hydrogen) atoms. The molecular weight excluding hydrogens is 370 g/mol. The summed E-state index contributed by atoms with van der Waals surface area (Å²) in [5, 5.41) is 9.93. The molecular formula is C25H25N5. The normalized spacial score (nSPS) is 14.6. The lowest BCUT2D eigenvalue weighted by Crippen LogP contribution is -2.47. The van der Waals surface area contributed by atoms with Gasteiger partial charge in [-0.25, -0.2) is 4.98 Å². The second-order valence-electron chi connectivity index (χ2n) is 8.17. The minimum absolute atomic E-state index is 0.258. The second-order valence-corrected chi connectivity index (χ2v) is 8.17. The van der Waals surface area contributed by atoms with Crippen molar-refractivity contribution < 1.29 is 0 Å². The van der Waals surface area contributed by atoms with E-state index < -0.39 is 0 Å². The van der Waals surface area contributed by atoms with E-state index in [1.165, 1.54) is 5.69 Å². The molecule has 1 saturated heterocycles. The molecule has 0 spiro atoms. The van der Waals surface area contributed by atoms with Gasteiger partial charge in [0.1, 0.15) is 11.9 Å². The number of imidazole rings is 1. The van der Waals surface area contributed by atoms with E-state index in [4.69, 9.17) is 4.98 Å². The van der Waals surface area contributed by atoms with E-state index in [9.17, 15) is 5.26 Å². The number of nitriles is 1. The van der Waals surface area contributed by atoms with E-state index in [2.05, 4.69) is 76.6 Å². The number of aromatic nitrogens is 2. The lowest BCUT2D eigenvalue weighted by molar-refractivity contribution is 0.645. The maximum Gasteiger partial charge on any atom is 0.157 e. The molecule has 2 aromatic carbocycles. The monoisotopic (exact) mass is 395 g/mol. The maximum atomic E-state index is 9.93. The summed E-state index contributed by atoms with van der Waals surface area (Å²) in [7, 11) is 0. The van der Waals surface area contributed by atoms with Crippen molar-refractivity contribution in [3.63, 3.8) is 0 Å². The van der Waals surface area contributed by atoms with Crippen LogP contribution >= 0.6 is 0 Å². The lowest BCUT2D eigenvalue weighted by Gasteiger charge is -2.38. The van der Waals surface area contributed by atoms with E-state index in [0.717, 1.165) is 54.2 Å². The molecule has 5 rings (SSSR count). The van der Waals surface area contributed by atoms with Gasteiger partial charge >= 0.3 is 0 Å². The molecule has 0 aliphatic carbocycles. The minimum Gasteiger partial charge on any atom is -0.368 e. The third-order valence-electron chi connectivity index (χ3n) is 6.05. The Morgan fingerprint density at radius 1 is 0.900 bits per heavy atom. The van der Waals surface area contributed by atoms with Crippen LogP contribution in [0.4, 0.5) is 11.5 Å². The van der Waals surface area contributed by atoms with Gasteiger partial charge in [0, 0.05) is 31.9 Å². The van der Waals surface area contributed by atoms with Crippen LogP contribution in [0.3, 0.4) is 0 Å². The lowest BCUT2D eigenvalue weighted by atomic mass is 9.98. The quantitative estimate of drug-likeness (QED) is 0.499. The van der Waals surface area contributed by atoms with Crippen LogP contribution in [0.15, 0.2) is 60.7 Å². The zero-order valence-electron chi connectivity index (χ0n) is 17.4. The van der Waals surface area contributed by atoms with Crippen LogP contribution in [0.5, 0.6) is 0 Å². The average molecular weight is 396 g/mol. The predicted molar refractivity (Wildman–Crippen MR) is 122 cm³/mol. The van der Waals surface area contributed by atoms with Crippen molar-refractivity contribution in [1.29, 1.82) is 5.26 Å². The first kappa shape index (κ1) is 18.5. The number of hydrogen-bond donors (Lipinski definition) is 0. The van der Waals surface area contributed by atoms with Gasteiger partial charge in [0.15, 0.2) is 5.65 Å². The number of hydrogen-bond acceptors (Lipinski definition) is 4. The van der Waals surface area contributed by atoms with Crippen molar-refractivity contribution in [2.24, 2.45) is 0 Å². The Hall–Kier alpha value is -3.52. The highest BCUT2D eigenvalue weighted by Gasteiger charge is 2.24. The third kappa shape index (κ3) is 2.96. The molecule has 0 bridgehead atoms. The molecule has 5 nitrogen and oxygen atoms in total. The first-order chi connectivity index (χ1) is 14.7. The molecule has 0 radical (unpaired) electrons. The Kier molecular flexibility index (Phi) is 4.55. The molecule has 0 amide bonds. The Labute approximate surface area is 176 Å². The molecule has 0 unspecified atom stereocenters. The predicted octanol–water partition coefficient (Wildman–Crippen LogP) is 4.81. The molecule has 0 saturated carbocycles. The van der Waals surface area contributed by atoms with Crippen LogP contribution in [0.2, 0.25) is 0 Å². The summed E-state index contributed by atoms with van der Waals surface area (Å²) in [4.78, 5) is 9.73. The van der Waals surface area contributed by atoms with Gasteiger partial charge in [-0.15, -0.1) is 0 Å². The first-order valence-electron chi connectivity index (χ1n) is 10.6. The van der Waals surface area contributed by atoms with Gasteiger partial charge in [0.05, 0.1) is 16.6 Å². The minimum atomic E-state index is 0.258. The van der Waals surface area contributed by atoms with Gasteiger partial charge in [-0.2, -0.15) is 5.26 Å². The molecule has 0 N–H and O–H groups in total. The zero-order valence-corrected chi connectivity index (χ0v) is 17.4. The summed E-state index contributed by atoms with van der Waals surface area (Å²) >= 11 is 0. The van der Waals surface area contributed by atoms with Gasteiger partial charge < -0.3 is 9.80 Å². The van der Waals surface area contributed by atoms with Crippen molar-refractivity contribution in [3.8, 4) is 6.07 Å². The zero-order chi connectivity index (χ0) is 20.7. The molecule has 5 heteroatoms. The Bertz CT molecular complexity index is 1240. The number of piperazine rings is 1. The summed E-state index contributed by atoms with van der Waals surface area (Å²) in [5.74, 6) is 1.39. The van der Waals surface area contributed by atoms with Crippen molar-refractivity contribution in [1.82, 2.24) is 9.38 Å². The number of para-hydroxylation sites is 3. The van der Waals surface area contributed by atoms with Crippen LogP contribution in [0, 0.1) is 11.3 Å². The Morgan fingerprint density at radius 3 is 2.27 bits per heavy atom. The summed E-state index contributed by atoms with van der Waals surface area (Å²) in [6.07, 6.45) is 0. The Balaban J connectivity index is 1.61. The third-order valence-corrected chi connectivity index (χ3v) is 6.05. The average Bonchev–Trinajstić information content (AvgIpc) is 3.18. The highest BCUT2D eigenvalue weighted by atomic mass is 15.3. The van der Waals surface area contributed by atoms with Gasteiger partial charge in [-0.1, -0.05) is 44.2 Å². The number of anilines is 2. The summed E-state index contributed by atoms with van der Waals surface area (Å²) in [5.41, 5.74) is 5.79. The summed E-state index contributed by atoms with van der Waals surface area (Å²) in [6.45, 7) is 8.09. The number of benzene rings is 2. The number of nitrogens with zero attached hydrogens (tertiary/aromatic N) is 5. The number of pyridine rings is 1. The fourth-order valence-corrected chi connectivity index (χ4v) is 4.47. The van der Waals surface area contributed by atoms with E-state index in [1.807, 2.05) is 18.2 Å².